The first-order chi connectivity index (χ1) is 11.6. The molecule has 0 N–H and O–H groups in total. The molecule has 24 heavy (non-hydrogen) atoms. The van der Waals surface area contributed by atoms with E-state index < -0.39 is 0 Å². The maximum atomic E-state index is 13.0. The van der Waals surface area contributed by atoms with E-state index in [2.05, 4.69) is 20.9 Å². The summed E-state index contributed by atoms with van der Waals surface area (Å²) in [4.78, 5) is 17.3. The third-order valence-electron chi connectivity index (χ3n) is 3.67. The second kappa shape index (κ2) is 6.52. The Labute approximate surface area is 147 Å². The Kier molecular flexibility index (Phi) is 4.44. The molecule has 0 fully saturated rings. The summed E-state index contributed by atoms with van der Waals surface area (Å²) >= 11 is 3.43. The number of carbonyl (C=O) groups is 1. The van der Waals surface area contributed by atoms with Gasteiger partial charge < -0.3 is 14.2 Å². The largest absolute Gasteiger partial charge is 0.493 e. The number of ether oxygens (including phenoxy) is 3. The lowest BCUT2D eigenvalue weighted by atomic mass is 10.1. The topological polar surface area (TPSA) is 62.6 Å². The van der Waals surface area contributed by atoms with Gasteiger partial charge in [-0.05, 0) is 34.1 Å². The summed E-state index contributed by atoms with van der Waals surface area (Å²) in [7, 11) is 4.52. The van der Waals surface area contributed by atoms with Crippen LogP contribution >= 0.6 is 15.9 Å². The van der Waals surface area contributed by atoms with Crippen LogP contribution in [0, 0.1) is 0 Å². The average Bonchev–Trinajstić information content (AvgIpc) is 3.04. The lowest BCUT2D eigenvalue weighted by Crippen LogP contribution is -2.12. The van der Waals surface area contributed by atoms with Crippen molar-refractivity contribution in [3.63, 3.8) is 0 Å². The fourth-order valence-electron chi connectivity index (χ4n) is 2.53. The highest BCUT2D eigenvalue weighted by atomic mass is 79.9. The minimum atomic E-state index is -0.255. The zero-order chi connectivity index (χ0) is 17.3. The number of para-hydroxylation sites is 2. The Morgan fingerprint density at radius 1 is 1.08 bits per heavy atom. The molecule has 7 heteroatoms. The van der Waals surface area contributed by atoms with Crippen molar-refractivity contribution >= 4 is 32.9 Å². The minimum Gasteiger partial charge on any atom is -0.493 e. The fourth-order valence-corrected chi connectivity index (χ4v) is 3.15. The molecule has 3 rings (SSSR count). The van der Waals surface area contributed by atoms with Gasteiger partial charge in [-0.2, -0.15) is 0 Å². The molecule has 0 amide bonds. The minimum absolute atomic E-state index is 0.255. The predicted octanol–water partition coefficient (Wildman–Crippen LogP) is 3.51. The van der Waals surface area contributed by atoms with E-state index in [1.165, 1.54) is 32.2 Å². The number of carbonyl (C=O) groups excluding carboxylic acids is 1. The number of hydrogen-bond donors (Lipinski definition) is 0. The molecule has 0 aliphatic heterocycles. The standard InChI is InChI=1S/C17H15BrN2O4/c1-22-13-8-10(14(18)16(24-3)15(13)23-2)17(21)20-9-19-11-6-4-5-7-12(11)20/h4-9H,1-3H3. The normalized spacial score (nSPS) is 10.7. The molecule has 0 unspecified atom stereocenters. The summed E-state index contributed by atoms with van der Waals surface area (Å²) in [5.41, 5.74) is 1.85. The number of imidazole rings is 1. The van der Waals surface area contributed by atoms with Crippen LogP contribution in [-0.2, 0) is 0 Å². The van der Waals surface area contributed by atoms with Crippen molar-refractivity contribution in [2.45, 2.75) is 0 Å². The molecular formula is C17H15BrN2O4. The van der Waals surface area contributed by atoms with Gasteiger partial charge in [-0.1, -0.05) is 12.1 Å². The predicted molar refractivity (Wildman–Crippen MR) is 93.3 cm³/mol. The van der Waals surface area contributed by atoms with Crippen molar-refractivity contribution in [3.05, 3.63) is 46.7 Å². The van der Waals surface area contributed by atoms with E-state index in [0.29, 0.717) is 27.3 Å². The van der Waals surface area contributed by atoms with E-state index >= 15 is 0 Å². The number of benzene rings is 2. The van der Waals surface area contributed by atoms with Gasteiger partial charge in [0.1, 0.15) is 6.33 Å². The molecule has 1 heterocycles. The van der Waals surface area contributed by atoms with Crippen LogP contribution in [0.4, 0.5) is 0 Å². The average molecular weight is 391 g/mol. The lowest BCUT2D eigenvalue weighted by molar-refractivity contribution is 0.0962. The number of nitrogens with zero attached hydrogens (tertiary/aromatic N) is 2. The smallest absolute Gasteiger partial charge is 0.265 e. The number of aromatic nitrogens is 2. The molecular weight excluding hydrogens is 376 g/mol. The van der Waals surface area contributed by atoms with E-state index in [4.69, 9.17) is 14.2 Å². The second-order valence-electron chi connectivity index (χ2n) is 4.92. The fraction of sp³-hybridized carbons (Fsp3) is 0.176. The van der Waals surface area contributed by atoms with Crippen molar-refractivity contribution in [1.29, 1.82) is 0 Å². The maximum Gasteiger partial charge on any atom is 0.265 e. The third-order valence-corrected chi connectivity index (χ3v) is 4.46. The molecule has 0 saturated heterocycles. The summed E-state index contributed by atoms with van der Waals surface area (Å²) in [6, 6.07) is 9.04. The third kappa shape index (κ3) is 2.50. The van der Waals surface area contributed by atoms with Gasteiger partial charge in [0.2, 0.25) is 5.75 Å². The molecule has 0 bridgehead atoms. The molecule has 1 aromatic heterocycles. The van der Waals surface area contributed by atoms with Crippen LogP contribution in [-0.4, -0.2) is 36.8 Å². The Morgan fingerprint density at radius 3 is 2.46 bits per heavy atom. The van der Waals surface area contributed by atoms with Crippen molar-refractivity contribution in [1.82, 2.24) is 9.55 Å². The van der Waals surface area contributed by atoms with Gasteiger partial charge in [0.25, 0.3) is 5.91 Å². The molecule has 2 aromatic carbocycles. The first kappa shape index (κ1) is 16.3. The molecule has 0 atom stereocenters. The number of halogens is 1. The number of methoxy groups -OCH3 is 3. The molecule has 0 aliphatic rings. The highest BCUT2D eigenvalue weighted by Crippen LogP contribution is 2.45. The lowest BCUT2D eigenvalue weighted by Gasteiger charge is -2.16. The van der Waals surface area contributed by atoms with Crippen LogP contribution < -0.4 is 14.2 Å². The van der Waals surface area contributed by atoms with Gasteiger partial charge in [0.15, 0.2) is 11.5 Å². The van der Waals surface area contributed by atoms with Crippen molar-refractivity contribution in [2.75, 3.05) is 21.3 Å². The van der Waals surface area contributed by atoms with E-state index in [9.17, 15) is 4.79 Å². The summed E-state index contributed by atoms with van der Waals surface area (Å²) in [6.45, 7) is 0. The van der Waals surface area contributed by atoms with Crippen LogP contribution in [0.2, 0.25) is 0 Å². The van der Waals surface area contributed by atoms with Crippen LogP contribution in [0.15, 0.2) is 41.1 Å². The van der Waals surface area contributed by atoms with E-state index in [1.54, 1.807) is 6.07 Å². The van der Waals surface area contributed by atoms with Crippen LogP contribution in [0.1, 0.15) is 10.4 Å². The van der Waals surface area contributed by atoms with Crippen LogP contribution in [0.25, 0.3) is 11.0 Å². The molecule has 0 radical (unpaired) electrons. The van der Waals surface area contributed by atoms with E-state index in [0.717, 1.165) is 11.0 Å². The second-order valence-corrected chi connectivity index (χ2v) is 5.71. The van der Waals surface area contributed by atoms with Crippen LogP contribution in [0.5, 0.6) is 17.2 Å². The van der Waals surface area contributed by atoms with Gasteiger partial charge in [0, 0.05) is 0 Å². The van der Waals surface area contributed by atoms with Gasteiger partial charge >= 0.3 is 0 Å². The number of hydrogen-bond acceptors (Lipinski definition) is 5. The van der Waals surface area contributed by atoms with Gasteiger partial charge in [-0.25, -0.2) is 4.98 Å². The zero-order valence-corrected chi connectivity index (χ0v) is 15.0. The molecule has 0 spiro atoms. The summed E-state index contributed by atoms with van der Waals surface area (Å²) in [5, 5.41) is 0. The van der Waals surface area contributed by atoms with Crippen molar-refractivity contribution in [3.8, 4) is 17.2 Å². The highest BCUT2D eigenvalue weighted by Gasteiger charge is 2.24. The molecule has 124 valence electrons. The Hall–Kier alpha value is -2.54. The maximum absolute atomic E-state index is 13.0. The van der Waals surface area contributed by atoms with E-state index in [1.807, 2.05) is 24.3 Å². The van der Waals surface area contributed by atoms with Crippen LogP contribution in [0.3, 0.4) is 0 Å². The number of fused-ring (bicyclic) bond motifs is 1. The first-order valence-electron chi connectivity index (χ1n) is 7.07. The Morgan fingerprint density at radius 2 is 1.79 bits per heavy atom. The molecule has 3 aromatic rings. The van der Waals surface area contributed by atoms with Crippen molar-refractivity contribution < 1.29 is 19.0 Å². The number of rotatable bonds is 4. The summed E-state index contributed by atoms with van der Waals surface area (Å²) in [5.74, 6) is 0.962. The Bertz CT molecular complexity index is 920. The first-order valence-corrected chi connectivity index (χ1v) is 7.87. The zero-order valence-electron chi connectivity index (χ0n) is 13.4. The Balaban J connectivity index is 2.20. The van der Waals surface area contributed by atoms with E-state index in [-0.39, 0.29) is 5.91 Å². The van der Waals surface area contributed by atoms with Crippen molar-refractivity contribution in [2.24, 2.45) is 0 Å². The quantitative estimate of drug-likeness (QED) is 0.681. The van der Waals surface area contributed by atoms with Gasteiger partial charge in [-0.15, -0.1) is 0 Å². The molecule has 6 nitrogen and oxygen atoms in total. The monoisotopic (exact) mass is 390 g/mol. The van der Waals surface area contributed by atoms with Gasteiger partial charge in [-0.3, -0.25) is 9.36 Å². The highest BCUT2D eigenvalue weighted by molar-refractivity contribution is 9.10. The molecule has 0 saturated carbocycles. The summed E-state index contributed by atoms with van der Waals surface area (Å²) in [6.07, 6.45) is 1.50. The summed E-state index contributed by atoms with van der Waals surface area (Å²) < 4.78 is 18.0. The SMILES string of the molecule is COc1cc(C(=O)n2cnc3ccccc32)c(Br)c(OC)c1OC. The molecule has 0 aliphatic carbocycles. The van der Waals surface area contributed by atoms with Gasteiger partial charge in [0.05, 0.1) is 42.4 Å².